The molecule has 2 fully saturated rings. The third-order valence-corrected chi connectivity index (χ3v) is 7.92. The first-order valence-corrected chi connectivity index (χ1v) is 10.7. The Kier molecular flexibility index (Phi) is 5.01. The molecule has 0 aromatic carbocycles. The number of nitrogens with zero attached hydrogens (tertiary/aromatic N) is 2. The van der Waals surface area contributed by atoms with Gasteiger partial charge in [-0.25, -0.2) is 8.42 Å². The summed E-state index contributed by atoms with van der Waals surface area (Å²) in [4.78, 5) is 4.45. The topological polar surface area (TPSA) is 59.5 Å². The number of ether oxygens (including phenoxy) is 1. The van der Waals surface area contributed by atoms with Crippen molar-refractivity contribution < 1.29 is 13.2 Å². The van der Waals surface area contributed by atoms with Crippen molar-refractivity contribution in [2.45, 2.75) is 44.1 Å². The van der Waals surface area contributed by atoms with Crippen LogP contribution in [0.5, 0.6) is 0 Å². The molecule has 1 aromatic heterocycles. The summed E-state index contributed by atoms with van der Waals surface area (Å²) >= 11 is 1.86. The molecule has 0 N–H and O–H groups in total. The Hall–Kier alpha value is -0.630. The van der Waals surface area contributed by atoms with Crippen LogP contribution in [0, 0.1) is 6.92 Å². The van der Waals surface area contributed by atoms with Crippen LogP contribution in [0.2, 0.25) is 0 Å². The van der Waals surface area contributed by atoms with Crippen molar-refractivity contribution in [3.8, 4) is 0 Å². The SMILES string of the molecule is CCCS(=O)(=O)N1CC2(CC(OCc3cccc(C)n3)CS2)C1. The Morgan fingerprint density at radius 2 is 2.22 bits per heavy atom. The molecule has 1 aromatic rings. The Morgan fingerprint density at radius 1 is 1.43 bits per heavy atom. The molecule has 1 unspecified atom stereocenters. The Balaban J connectivity index is 1.48. The van der Waals surface area contributed by atoms with Crippen molar-refractivity contribution in [1.82, 2.24) is 9.29 Å². The normalized spacial score (nSPS) is 24.0. The maximum atomic E-state index is 12.1. The molecule has 2 saturated heterocycles. The van der Waals surface area contributed by atoms with Crippen molar-refractivity contribution in [3.63, 3.8) is 0 Å². The lowest BCUT2D eigenvalue weighted by Crippen LogP contribution is -2.61. The minimum absolute atomic E-state index is 0.0749. The average Bonchev–Trinajstić information content (AvgIpc) is 2.88. The summed E-state index contributed by atoms with van der Waals surface area (Å²) in [6.07, 6.45) is 1.80. The van der Waals surface area contributed by atoms with Crippen LogP contribution in [0.4, 0.5) is 0 Å². The second-order valence-corrected chi connectivity index (χ2v) is 10.1. The van der Waals surface area contributed by atoms with Crippen molar-refractivity contribution in [3.05, 3.63) is 29.6 Å². The van der Waals surface area contributed by atoms with Gasteiger partial charge in [-0.1, -0.05) is 13.0 Å². The van der Waals surface area contributed by atoms with E-state index in [0.29, 0.717) is 26.1 Å². The number of sulfonamides is 1. The average molecular weight is 357 g/mol. The van der Waals surface area contributed by atoms with Gasteiger partial charge in [0.15, 0.2) is 0 Å². The van der Waals surface area contributed by atoms with Crippen molar-refractivity contribution >= 4 is 21.8 Å². The molecular formula is C16H24N2O3S2. The van der Waals surface area contributed by atoms with Crippen LogP contribution in [0.1, 0.15) is 31.2 Å². The van der Waals surface area contributed by atoms with Gasteiger partial charge in [-0.15, -0.1) is 11.8 Å². The molecule has 2 aliphatic heterocycles. The molecule has 0 aliphatic carbocycles. The number of hydrogen-bond acceptors (Lipinski definition) is 5. The summed E-state index contributed by atoms with van der Waals surface area (Å²) in [6, 6.07) is 5.95. The molecule has 7 heteroatoms. The number of rotatable bonds is 6. The Bertz CT molecular complexity index is 657. The highest BCUT2D eigenvalue weighted by Crippen LogP contribution is 2.47. The van der Waals surface area contributed by atoms with Gasteiger partial charge < -0.3 is 4.74 Å². The van der Waals surface area contributed by atoms with Gasteiger partial charge in [0.25, 0.3) is 0 Å². The van der Waals surface area contributed by atoms with Gasteiger partial charge in [0.1, 0.15) is 0 Å². The maximum absolute atomic E-state index is 12.1. The molecule has 1 spiro atoms. The second-order valence-electron chi connectivity index (χ2n) is 6.49. The minimum Gasteiger partial charge on any atom is -0.371 e. The molecule has 0 amide bonds. The summed E-state index contributed by atoms with van der Waals surface area (Å²) < 4.78 is 31.8. The fourth-order valence-corrected chi connectivity index (χ4v) is 6.57. The Labute approximate surface area is 142 Å². The highest BCUT2D eigenvalue weighted by atomic mass is 32.2. The first-order chi connectivity index (χ1) is 10.9. The van der Waals surface area contributed by atoms with E-state index in [0.717, 1.165) is 23.6 Å². The van der Waals surface area contributed by atoms with Crippen molar-refractivity contribution in [1.29, 1.82) is 0 Å². The summed E-state index contributed by atoms with van der Waals surface area (Å²) in [5.41, 5.74) is 1.95. The molecule has 128 valence electrons. The van der Waals surface area contributed by atoms with Crippen LogP contribution in [0.15, 0.2) is 18.2 Å². The van der Waals surface area contributed by atoms with Crippen LogP contribution >= 0.6 is 11.8 Å². The molecule has 0 bridgehead atoms. The number of thioether (sulfide) groups is 1. The van der Waals surface area contributed by atoms with Crippen LogP contribution in [0.3, 0.4) is 0 Å². The number of pyridine rings is 1. The van der Waals surface area contributed by atoms with Gasteiger partial charge in [0, 0.05) is 29.3 Å². The van der Waals surface area contributed by atoms with Crippen molar-refractivity contribution in [2.24, 2.45) is 0 Å². The molecule has 0 saturated carbocycles. The van der Waals surface area contributed by atoms with E-state index in [2.05, 4.69) is 4.98 Å². The fourth-order valence-electron chi connectivity index (χ4n) is 3.19. The maximum Gasteiger partial charge on any atom is 0.214 e. The Morgan fingerprint density at radius 3 is 2.91 bits per heavy atom. The predicted molar refractivity (Wildman–Crippen MR) is 93.0 cm³/mol. The molecule has 23 heavy (non-hydrogen) atoms. The van der Waals surface area contributed by atoms with Gasteiger partial charge in [0.2, 0.25) is 10.0 Å². The number of aryl methyl sites for hydroxylation is 1. The first kappa shape index (κ1) is 17.2. The van der Waals surface area contributed by atoms with Crippen LogP contribution in [-0.4, -0.2) is 53.2 Å². The number of hydrogen-bond donors (Lipinski definition) is 0. The zero-order chi connectivity index (χ0) is 16.5. The molecular weight excluding hydrogens is 332 g/mol. The quantitative estimate of drug-likeness (QED) is 0.782. The monoisotopic (exact) mass is 356 g/mol. The van der Waals surface area contributed by atoms with Crippen LogP contribution in [-0.2, 0) is 21.4 Å². The van der Waals surface area contributed by atoms with E-state index in [9.17, 15) is 8.42 Å². The van der Waals surface area contributed by atoms with Gasteiger partial charge >= 0.3 is 0 Å². The zero-order valence-electron chi connectivity index (χ0n) is 13.7. The van der Waals surface area contributed by atoms with Gasteiger partial charge in [-0.05, 0) is 31.9 Å². The first-order valence-electron chi connectivity index (χ1n) is 8.08. The zero-order valence-corrected chi connectivity index (χ0v) is 15.3. The molecule has 5 nitrogen and oxygen atoms in total. The van der Waals surface area contributed by atoms with Crippen LogP contribution in [0.25, 0.3) is 0 Å². The lowest BCUT2D eigenvalue weighted by Gasteiger charge is -2.46. The van der Waals surface area contributed by atoms with E-state index in [1.807, 2.05) is 43.8 Å². The lowest BCUT2D eigenvalue weighted by molar-refractivity contribution is 0.0380. The summed E-state index contributed by atoms with van der Waals surface area (Å²) in [6.45, 7) is 5.69. The smallest absolute Gasteiger partial charge is 0.214 e. The van der Waals surface area contributed by atoms with Gasteiger partial charge in [-0.3, -0.25) is 4.98 Å². The molecule has 3 rings (SSSR count). The standard InChI is InChI=1S/C16H24N2O3S2/c1-3-7-23(19,20)18-11-16(12-18)8-15(10-22-16)21-9-14-6-4-5-13(2)17-14/h4-6,15H,3,7-12H2,1-2H3. The highest BCUT2D eigenvalue weighted by Gasteiger charge is 2.52. The molecule has 2 aliphatic rings. The highest BCUT2D eigenvalue weighted by molar-refractivity contribution is 8.01. The van der Waals surface area contributed by atoms with E-state index in [1.54, 1.807) is 4.31 Å². The third kappa shape index (κ3) is 3.90. The summed E-state index contributed by atoms with van der Waals surface area (Å²) in [5, 5.41) is 0. The van der Waals surface area contributed by atoms with Crippen molar-refractivity contribution in [2.75, 3.05) is 24.6 Å². The third-order valence-electron chi connectivity index (χ3n) is 4.37. The lowest BCUT2D eigenvalue weighted by atomic mass is 9.95. The van der Waals surface area contributed by atoms with Gasteiger partial charge in [-0.2, -0.15) is 4.31 Å². The minimum atomic E-state index is -3.05. The largest absolute Gasteiger partial charge is 0.371 e. The predicted octanol–water partition coefficient (Wildman–Crippen LogP) is 2.21. The van der Waals surface area contributed by atoms with E-state index < -0.39 is 10.0 Å². The van der Waals surface area contributed by atoms with Gasteiger partial charge in [0.05, 0.1) is 24.2 Å². The summed E-state index contributed by atoms with van der Waals surface area (Å²) in [7, 11) is -3.05. The van der Waals surface area contributed by atoms with E-state index in [-0.39, 0.29) is 16.6 Å². The van der Waals surface area contributed by atoms with E-state index >= 15 is 0 Å². The number of aromatic nitrogens is 1. The molecule has 3 heterocycles. The van der Waals surface area contributed by atoms with Crippen LogP contribution < -0.4 is 0 Å². The molecule has 1 atom stereocenters. The van der Waals surface area contributed by atoms with E-state index in [1.165, 1.54) is 0 Å². The summed E-state index contributed by atoms with van der Waals surface area (Å²) in [5.74, 6) is 1.19. The molecule has 0 radical (unpaired) electrons. The van der Waals surface area contributed by atoms with E-state index in [4.69, 9.17) is 4.74 Å². The fraction of sp³-hybridized carbons (Fsp3) is 0.688. The second kappa shape index (κ2) is 6.70.